The molecule has 1 saturated carbocycles. The van der Waals surface area contributed by atoms with E-state index >= 15 is 0 Å². The molecule has 0 heterocycles. The average Bonchev–Trinajstić information content (AvgIpc) is 2.84. The van der Waals surface area contributed by atoms with Gasteiger partial charge in [0.1, 0.15) is 5.78 Å². The van der Waals surface area contributed by atoms with Crippen LogP contribution in [0, 0.1) is 11.8 Å². The van der Waals surface area contributed by atoms with Gasteiger partial charge in [-0.25, -0.2) is 0 Å². The number of hydrogen-bond acceptors (Lipinski definition) is 3. The lowest BCUT2D eigenvalue weighted by molar-refractivity contribution is -0.145. The monoisotopic (exact) mass is 184 g/mol. The van der Waals surface area contributed by atoms with Crippen LogP contribution < -0.4 is 0 Å². The Morgan fingerprint density at radius 2 is 2.00 bits per heavy atom. The van der Waals surface area contributed by atoms with Crippen LogP contribution in [0.3, 0.4) is 0 Å². The van der Waals surface area contributed by atoms with Gasteiger partial charge in [0.25, 0.3) is 0 Å². The molecule has 0 N–H and O–H groups in total. The zero-order valence-corrected chi connectivity index (χ0v) is 8.21. The molecule has 0 aliphatic heterocycles. The van der Waals surface area contributed by atoms with E-state index in [0.717, 1.165) is 6.42 Å². The number of Topliss-reactive ketones (excluding diaryl/α,β-unsaturated/α-hetero) is 1. The van der Waals surface area contributed by atoms with E-state index in [9.17, 15) is 9.59 Å². The van der Waals surface area contributed by atoms with Gasteiger partial charge in [0.05, 0.1) is 12.5 Å². The quantitative estimate of drug-likeness (QED) is 0.609. The number of rotatable bonds is 5. The smallest absolute Gasteiger partial charge is 0.309 e. The van der Waals surface area contributed by atoms with E-state index in [1.165, 1.54) is 0 Å². The summed E-state index contributed by atoms with van der Waals surface area (Å²) in [6, 6.07) is 0. The van der Waals surface area contributed by atoms with Gasteiger partial charge in [0.2, 0.25) is 0 Å². The maximum absolute atomic E-state index is 11.3. The van der Waals surface area contributed by atoms with E-state index in [1.807, 2.05) is 6.92 Å². The molecular formula is C10H16O3. The number of ether oxygens (including phenoxy) is 1. The Labute approximate surface area is 78.5 Å². The normalized spacial score (nSPS) is 25.4. The first-order valence-corrected chi connectivity index (χ1v) is 4.90. The van der Waals surface area contributed by atoms with Gasteiger partial charge in [-0.1, -0.05) is 6.92 Å². The molecule has 0 aromatic carbocycles. The molecule has 2 unspecified atom stereocenters. The highest BCUT2D eigenvalue weighted by Gasteiger charge is 2.48. The highest BCUT2D eigenvalue weighted by Crippen LogP contribution is 2.41. The summed E-state index contributed by atoms with van der Waals surface area (Å²) < 4.78 is 4.83. The predicted molar refractivity (Wildman–Crippen MR) is 48.1 cm³/mol. The maximum Gasteiger partial charge on any atom is 0.309 e. The SMILES string of the molecule is CCCC(=O)C1CC1C(=O)OCC. The highest BCUT2D eigenvalue weighted by molar-refractivity contribution is 5.91. The van der Waals surface area contributed by atoms with Gasteiger partial charge in [-0.2, -0.15) is 0 Å². The van der Waals surface area contributed by atoms with Crippen molar-refractivity contribution in [2.24, 2.45) is 11.8 Å². The third kappa shape index (κ3) is 2.54. The third-order valence-corrected chi connectivity index (χ3v) is 2.29. The van der Waals surface area contributed by atoms with Gasteiger partial charge in [-0.15, -0.1) is 0 Å². The second-order valence-electron chi connectivity index (χ2n) is 3.42. The molecule has 3 nitrogen and oxygen atoms in total. The number of carbonyl (C=O) groups excluding carboxylic acids is 2. The zero-order valence-electron chi connectivity index (χ0n) is 8.21. The van der Waals surface area contributed by atoms with Crippen LogP contribution in [0.2, 0.25) is 0 Å². The molecule has 2 atom stereocenters. The lowest BCUT2D eigenvalue weighted by atomic mass is 10.1. The van der Waals surface area contributed by atoms with E-state index in [0.29, 0.717) is 19.4 Å². The van der Waals surface area contributed by atoms with E-state index < -0.39 is 0 Å². The fourth-order valence-electron chi connectivity index (χ4n) is 1.49. The van der Waals surface area contributed by atoms with E-state index in [-0.39, 0.29) is 23.6 Å². The van der Waals surface area contributed by atoms with E-state index in [2.05, 4.69) is 0 Å². The van der Waals surface area contributed by atoms with Crippen LogP contribution in [-0.4, -0.2) is 18.4 Å². The summed E-state index contributed by atoms with van der Waals surface area (Å²) in [6.45, 7) is 4.16. The number of carbonyl (C=O) groups is 2. The third-order valence-electron chi connectivity index (χ3n) is 2.29. The van der Waals surface area contributed by atoms with Crippen molar-refractivity contribution < 1.29 is 14.3 Å². The van der Waals surface area contributed by atoms with E-state index in [4.69, 9.17) is 4.74 Å². The largest absolute Gasteiger partial charge is 0.466 e. The molecule has 1 aliphatic rings. The van der Waals surface area contributed by atoms with E-state index in [1.54, 1.807) is 6.92 Å². The second kappa shape index (κ2) is 4.40. The first kappa shape index (κ1) is 10.2. The molecule has 0 spiro atoms. The molecule has 0 aromatic heterocycles. The summed E-state index contributed by atoms with van der Waals surface area (Å²) in [6.07, 6.45) is 2.17. The second-order valence-corrected chi connectivity index (χ2v) is 3.42. The average molecular weight is 184 g/mol. The Kier molecular flexibility index (Phi) is 3.46. The minimum atomic E-state index is -0.197. The molecule has 0 bridgehead atoms. The minimum absolute atomic E-state index is 0.0287. The van der Waals surface area contributed by atoms with Crippen molar-refractivity contribution in [2.45, 2.75) is 33.1 Å². The zero-order chi connectivity index (χ0) is 9.84. The molecule has 3 heteroatoms. The van der Waals surface area contributed by atoms with Crippen molar-refractivity contribution in [1.29, 1.82) is 0 Å². The van der Waals surface area contributed by atoms with Crippen LogP contribution in [-0.2, 0) is 14.3 Å². The fourth-order valence-corrected chi connectivity index (χ4v) is 1.49. The van der Waals surface area contributed by atoms with Gasteiger partial charge < -0.3 is 4.74 Å². The first-order valence-electron chi connectivity index (χ1n) is 4.90. The van der Waals surface area contributed by atoms with Crippen LogP contribution in [0.25, 0.3) is 0 Å². The van der Waals surface area contributed by atoms with Crippen molar-refractivity contribution in [1.82, 2.24) is 0 Å². The molecule has 1 fully saturated rings. The van der Waals surface area contributed by atoms with Crippen molar-refractivity contribution in [2.75, 3.05) is 6.61 Å². The number of ketones is 1. The van der Waals surface area contributed by atoms with Crippen molar-refractivity contribution in [3.8, 4) is 0 Å². The molecule has 1 rings (SSSR count). The molecule has 0 radical (unpaired) electrons. The molecule has 0 amide bonds. The molecule has 0 saturated heterocycles. The van der Waals surface area contributed by atoms with Crippen molar-refractivity contribution in [3.05, 3.63) is 0 Å². The Morgan fingerprint density at radius 1 is 1.31 bits per heavy atom. The maximum atomic E-state index is 11.3. The van der Waals surface area contributed by atoms with Crippen molar-refractivity contribution >= 4 is 11.8 Å². The van der Waals surface area contributed by atoms with Gasteiger partial charge in [-0.05, 0) is 19.8 Å². The molecule has 13 heavy (non-hydrogen) atoms. The highest BCUT2D eigenvalue weighted by atomic mass is 16.5. The molecule has 0 aromatic rings. The Bertz CT molecular complexity index is 188. The minimum Gasteiger partial charge on any atom is -0.466 e. The number of hydrogen-bond donors (Lipinski definition) is 0. The summed E-state index contributed by atoms with van der Waals surface area (Å²) in [5.41, 5.74) is 0. The predicted octanol–water partition coefficient (Wildman–Crippen LogP) is 1.55. The van der Waals surface area contributed by atoms with Gasteiger partial charge in [0.15, 0.2) is 0 Å². The van der Waals surface area contributed by atoms with Crippen LogP contribution in [0.15, 0.2) is 0 Å². The molecular weight excluding hydrogens is 168 g/mol. The molecule has 74 valence electrons. The van der Waals surface area contributed by atoms with Gasteiger partial charge >= 0.3 is 5.97 Å². The Balaban J connectivity index is 2.29. The summed E-state index contributed by atoms with van der Waals surface area (Å²) in [5, 5.41) is 0. The molecule has 1 aliphatic carbocycles. The summed E-state index contributed by atoms with van der Waals surface area (Å²) in [4.78, 5) is 22.5. The van der Waals surface area contributed by atoms with Crippen LogP contribution in [0.1, 0.15) is 33.1 Å². The Morgan fingerprint density at radius 3 is 2.54 bits per heavy atom. The van der Waals surface area contributed by atoms with Crippen LogP contribution in [0.4, 0.5) is 0 Å². The first-order chi connectivity index (χ1) is 6.20. The Hall–Kier alpha value is -0.860. The lowest BCUT2D eigenvalue weighted by Gasteiger charge is -1.99. The van der Waals surface area contributed by atoms with Gasteiger partial charge in [-0.3, -0.25) is 9.59 Å². The van der Waals surface area contributed by atoms with Crippen LogP contribution >= 0.6 is 0 Å². The standard InChI is InChI=1S/C10H16O3/c1-3-5-9(11)7-6-8(7)10(12)13-4-2/h7-8H,3-6H2,1-2H3. The lowest BCUT2D eigenvalue weighted by Crippen LogP contribution is -2.11. The van der Waals surface area contributed by atoms with Crippen molar-refractivity contribution in [3.63, 3.8) is 0 Å². The summed E-state index contributed by atoms with van der Waals surface area (Å²) in [5.74, 6) is -0.129. The van der Waals surface area contributed by atoms with Gasteiger partial charge in [0, 0.05) is 12.3 Å². The van der Waals surface area contributed by atoms with Crippen LogP contribution in [0.5, 0.6) is 0 Å². The number of esters is 1. The topological polar surface area (TPSA) is 43.4 Å². The summed E-state index contributed by atoms with van der Waals surface area (Å²) in [7, 11) is 0. The summed E-state index contributed by atoms with van der Waals surface area (Å²) >= 11 is 0. The fraction of sp³-hybridized carbons (Fsp3) is 0.800.